The summed E-state index contributed by atoms with van der Waals surface area (Å²) in [4.78, 5) is 0. The molecule has 0 aromatic heterocycles. The zero-order valence-corrected chi connectivity index (χ0v) is 10.6. The Hall–Kier alpha value is -0.710. The maximum atomic E-state index is 13.5. The minimum Gasteiger partial charge on any atom is -0.382 e. The summed E-state index contributed by atoms with van der Waals surface area (Å²) >= 11 is 5.83. The molecule has 1 aromatic rings. The minimum absolute atomic E-state index is 0.0245. The summed E-state index contributed by atoms with van der Waals surface area (Å²) in [5.74, 6) is -1.89. The molecule has 0 amide bonds. The summed E-state index contributed by atoms with van der Waals surface area (Å²) in [7, 11) is 1.59. The van der Waals surface area contributed by atoms with Gasteiger partial charge in [0.1, 0.15) is 0 Å². The quantitative estimate of drug-likeness (QED) is 0.826. The van der Waals surface area contributed by atoms with E-state index in [-0.39, 0.29) is 16.7 Å². The zero-order valence-electron chi connectivity index (χ0n) is 9.84. The molecule has 0 radical (unpaired) electrons. The number of hydrogen-bond acceptors (Lipinski definition) is 2. The van der Waals surface area contributed by atoms with Crippen LogP contribution in [0.5, 0.6) is 0 Å². The fraction of sp³-hybridized carbons (Fsp3) is 0.500. The van der Waals surface area contributed by atoms with Crippen molar-refractivity contribution in [3.05, 3.63) is 34.4 Å². The van der Waals surface area contributed by atoms with Crippen molar-refractivity contribution >= 4 is 11.6 Å². The van der Waals surface area contributed by atoms with E-state index in [0.29, 0.717) is 12.8 Å². The van der Waals surface area contributed by atoms with E-state index < -0.39 is 17.7 Å². The molecule has 1 aromatic carbocycles. The molecule has 0 spiro atoms. The van der Waals surface area contributed by atoms with E-state index >= 15 is 0 Å². The van der Waals surface area contributed by atoms with Crippen molar-refractivity contribution in [2.75, 3.05) is 7.11 Å². The van der Waals surface area contributed by atoms with E-state index in [1.54, 1.807) is 7.11 Å². The Bertz CT molecular complexity index is 387. The predicted molar refractivity (Wildman–Crippen MR) is 64.0 cm³/mol. The molecular weight excluding hydrogens is 248 g/mol. The van der Waals surface area contributed by atoms with Crippen molar-refractivity contribution in [3.63, 3.8) is 0 Å². The molecule has 0 bridgehead atoms. The monoisotopic (exact) mass is 263 g/mol. The van der Waals surface area contributed by atoms with Crippen molar-refractivity contribution in [1.29, 1.82) is 0 Å². The van der Waals surface area contributed by atoms with Gasteiger partial charge in [0.05, 0.1) is 6.10 Å². The van der Waals surface area contributed by atoms with Crippen LogP contribution in [0.1, 0.15) is 31.4 Å². The Labute approximate surface area is 105 Å². The van der Waals surface area contributed by atoms with Gasteiger partial charge in [-0.3, -0.25) is 0 Å². The van der Waals surface area contributed by atoms with Crippen molar-refractivity contribution < 1.29 is 13.5 Å². The first-order valence-electron chi connectivity index (χ1n) is 5.39. The van der Waals surface area contributed by atoms with Gasteiger partial charge in [-0.05, 0) is 31.9 Å². The normalized spacial score (nSPS) is 14.7. The molecule has 0 saturated carbocycles. The highest BCUT2D eigenvalue weighted by atomic mass is 35.5. The highest BCUT2D eigenvalue weighted by molar-refractivity contribution is 6.31. The second-order valence-electron chi connectivity index (χ2n) is 3.99. The van der Waals surface area contributed by atoms with Gasteiger partial charge in [0, 0.05) is 23.7 Å². The third-order valence-corrected chi connectivity index (χ3v) is 3.07. The lowest BCUT2D eigenvalue weighted by molar-refractivity contribution is 0.107. The van der Waals surface area contributed by atoms with Crippen LogP contribution in [0.4, 0.5) is 8.78 Å². The van der Waals surface area contributed by atoms with Crippen LogP contribution in [0.25, 0.3) is 0 Å². The van der Waals surface area contributed by atoms with Gasteiger partial charge < -0.3 is 10.5 Å². The van der Waals surface area contributed by atoms with E-state index in [0.717, 1.165) is 6.07 Å². The van der Waals surface area contributed by atoms with Crippen LogP contribution in [0.3, 0.4) is 0 Å². The second kappa shape index (κ2) is 6.28. The SMILES string of the molecule is COC(C)CCC(N)c1c(Cl)ccc(F)c1F. The van der Waals surface area contributed by atoms with Gasteiger partial charge in [-0.15, -0.1) is 0 Å². The smallest absolute Gasteiger partial charge is 0.165 e. The van der Waals surface area contributed by atoms with Crippen molar-refractivity contribution in [2.24, 2.45) is 5.73 Å². The summed E-state index contributed by atoms with van der Waals surface area (Å²) in [5, 5.41) is 0.154. The number of hydrogen-bond donors (Lipinski definition) is 1. The zero-order chi connectivity index (χ0) is 13.0. The molecule has 0 fully saturated rings. The van der Waals surface area contributed by atoms with Crippen molar-refractivity contribution in [1.82, 2.24) is 0 Å². The van der Waals surface area contributed by atoms with Gasteiger partial charge in [-0.2, -0.15) is 0 Å². The second-order valence-corrected chi connectivity index (χ2v) is 4.39. The molecule has 2 atom stereocenters. The number of nitrogens with two attached hydrogens (primary N) is 1. The summed E-state index contributed by atoms with van der Waals surface area (Å²) in [5.41, 5.74) is 5.86. The largest absolute Gasteiger partial charge is 0.382 e. The van der Waals surface area contributed by atoms with Crippen LogP contribution < -0.4 is 5.73 Å². The summed E-state index contributed by atoms with van der Waals surface area (Å²) < 4.78 is 31.7. The molecule has 17 heavy (non-hydrogen) atoms. The summed E-state index contributed by atoms with van der Waals surface area (Å²) in [6.07, 6.45) is 1.16. The molecule has 2 unspecified atom stereocenters. The Morgan fingerprint density at radius 2 is 2.00 bits per heavy atom. The first kappa shape index (κ1) is 14.4. The van der Waals surface area contributed by atoms with E-state index in [1.807, 2.05) is 6.92 Å². The molecule has 1 rings (SSSR count). The first-order chi connectivity index (χ1) is 7.97. The Morgan fingerprint density at radius 1 is 1.35 bits per heavy atom. The molecule has 96 valence electrons. The van der Waals surface area contributed by atoms with E-state index in [4.69, 9.17) is 22.1 Å². The van der Waals surface area contributed by atoms with E-state index in [2.05, 4.69) is 0 Å². The fourth-order valence-electron chi connectivity index (χ4n) is 1.56. The van der Waals surface area contributed by atoms with Gasteiger partial charge in [0.2, 0.25) is 0 Å². The molecule has 0 saturated heterocycles. The predicted octanol–water partition coefficient (Wildman–Crippen LogP) is 3.43. The maximum absolute atomic E-state index is 13.5. The maximum Gasteiger partial charge on any atom is 0.165 e. The van der Waals surface area contributed by atoms with Crippen molar-refractivity contribution in [3.8, 4) is 0 Å². The molecule has 0 aliphatic heterocycles. The van der Waals surface area contributed by atoms with Crippen LogP contribution >= 0.6 is 11.6 Å². The molecule has 0 heterocycles. The van der Waals surface area contributed by atoms with Crippen LogP contribution in [0, 0.1) is 11.6 Å². The van der Waals surface area contributed by atoms with E-state index in [1.165, 1.54) is 6.07 Å². The molecule has 2 N–H and O–H groups in total. The fourth-order valence-corrected chi connectivity index (χ4v) is 1.85. The lowest BCUT2D eigenvalue weighted by atomic mass is 10.0. The molecule has 0 aliphatic carbocycles. The lowest BCUT2D eigenvalue weighted by Gasteiger charge is -2.17. The van der Waals surface area contributed by atoms with Crippen LogP contribution in [0.15, 0.2) is 12.1 Å². The van der Waals surface area contributed by atoms with Crippen LogP contribution in [-0.2, 0) is 4.74 Å². The summed E-state index contributed by atoms with van der Waals surface area (Å²) in [6, 6.07) is 1.68. The highest BCUT2D eigenvalue weighted by Crippen LogP contribution is 2.29. The lowest BCUT2D eigenvalue weighted by Crippen LogP contribution is -2.16. The molecular formula is C12H16ClF2NO. The van der Waals surface area contributed by atoms with Gasteiger partial charge in [-0.1, -0.05) is 11.6 Å². The number of halogens is 3. The molecule has 2 nitrogen and oxygen atoms in total. The third kappa shape index (κ3) is 3.63. The average molecular weight is 264 g/mol. The van der Waals surface area contributed by atoms with Gasteiger partial charge >= 0.3 is 0 Å². The summed E-state index contributed by atoms with van der Waals surface area (Å²) in [6.45, 7) is 1.89. The molecule has 0 aliphatic rings. The number of ether oxygens (including phenoxy) is 1. The van der Waals surface area contributed by atoms with Gasteiger partial charge in [0.25, 0.3) is 0 Å². The van der Waals surface area contributed by atoms with Crippen LogP contribution in [-0.4, -0.2) is 13.2 Å². The number of rotatable bonds is 5. The minimum atomic E-state index is -0.963. The highest BCUT2D eigenvalue weighted by Gasteiger charge is 2.19. The van der Waals surface area contributed by atoms with E-state index in [9.17, 15) is 8.78 Å². The first-order valence-corrected chi connectivity index (χ1v) is 5.77. The Kier molecular flexibility index (Phi) is 5.31. The Balaban J connectivity index is 2.81. The van der Waals surface area contributed by atoms with Gasteiger partial charge in [0.15, 0.2) is 11.6 Å². The number of methoxy groups -OCH3 is 1. The molecule has 5 heteroatoms. The van der Waals surface area contributed by atoms with Crippen molar-refractivity contribution in [2.45, 2.75) is 31.9 Å². The standard InChI is InChI=1S/C12H16ClF2NO/c1-7(17-2)3-6-10(16)11-8(13)4-5-9(14)12(11)15/h4-5,7,10H,3,6,16H2,1-2H3. The van der Waals surface area contributed by atoms with Gasteiger partial charge in [-0.25, -0.2) is 8.78 Å². The van der Waals surface area contributed by atoms with Crippen LogP contribution in [0.2, 0.25) is 5.02 Å². The average Bonchev–Trinajstić information content (AvgIpc) is 2.31. The topological polar surface area (TPSA) is 35.2 Å². The third-order valence-electron chi connectivity index (χ3n) is 2.74. The Morgan fingerprint density at radius 3 is 2.59 bits per heavy atom. The number of benzene rings is 1.